The highest BCUT2D eigenvalue weighted by Crippen LogP contribution is 2.29. The van der Waals surface area contributed by atoms with Gasteiger partial charge in [-0.05, 0) is 36.4 Å². The van der Waals surface area contributed by atoms with Crippen LogP contribution in [-0.2, 0) is 0 Å². The number of aromatic nitrogens is 2. The second kappa shape index (κ2) is 7.13. The zero-order chi connectivity index (χ0) is 19.6. The topological polar surface area (TPSA) is 63.6 Å². The number of hydrogen-bond acceptors (Lipinski definition) is 4. The lowest BCUT2D eigenvalue weighted by atomic mass is 10.2. The van der Waals surface area contributed by atoms with Gasteiger partial charge in [0.1, 0.15) is 17.0 Å². The highest BCUT2D eigenvalue weighted by atomic mass is 16.3. The van der Waals surface area contributed by atoms with Crippen LogP contribution < -0.4 is 0 Å². The van der Waals surface area contributed by atoms with Crippen molar-refractivity contribution < 1.29 is 9.52 Å². The fourth-order valence-electron chi connectivity index (χ4n) is 3.20. The molecular formula is C24H17N3O2. The van der Waals surface area contributed by atoms with E-state index < -0.39 is 0 Å². The summed E-state index contributed by atoms with van der Waals surface area (Å²) in [6.45, 7) is 0. The summed E-state index contributed by atoms with van der Waals surface area (Å²) in [7, 11) is 0. The van der Waals surface area contributed by atoms with Crippen LogP contribution in [0.25, 0.3) is 28.1 Å². The van der Waals surface area contributed by atoms with E-state index in [9.17, 15) is 5.11 Å². The summed E-state index contributed by atoms with van der Waals surface area (Å²) in [6.07, 6.45) is 3.66. The molecule has 0 saturated heterocycles. The average molecular weight is 379 g/mol. The molecule has 140 valence electrons. The molecule has 0 aliphatic heterocycles. The van der Waals surface area contributed by atoms with Crippen molar-refractivity contribution in [3.8, 4) is 22.9 Å². The number of hydrogen-bond donors (Lipinski definition) is 1. The van der Waals surface area contributed by atoms with Crippen molar-refractivity contribution in [1.29, 1.82) is 0 Å². The van der Waals surface area contributed by atoms with E-state index in [0.717, 1.165) is 22.2 Å². The van der Waals surface area contributed by atoms with Gasteiger partial charge in [-0.15, -0.1) is 0 Å². The van der Waals surface area contributed by atoms with Gasteiger partial charge in [0.25, 0.3) is 0 Å². The Hall–Kier alpha value is -4.12. The molecule has 0 atom stereocenters. The summed E-state index contributed by atoms with van der Waals surface area (Å²) in [4.78, 5) is 4.50. The van der Waals surface area contributed by atoms with E-state index >= 15 is 0 Å². The fourth-order valence-corrected chi connectivity index (χ4v) is 3.20. The maximum atomic E-state index is 9.67. The van der Waals surface area contributed by atoms with Crippen molar-refractivity contribution in [2.45, 2.75) is 0 Å². The zero-order valence-electron chi connectivity index (χ0n) is 15.4. The maximum Gasteiger partial charge on any atom is 0.156 e. The molecule has 0 fully saturated rings. The Bertz CT molecular complexity index is 1280. The normalized spacial score (nSPS) is 11.4. The highest BCUT2D eigenvalue weighted by Gasteiger charge is 2.15. The summed E-state index contributed by atoms with van der Waals surface area (Å²) >= 11 is 0. The molecule has 0 aliphatic carbocycles. The Morgan fingerprint density at radius 3 is 2.55 bits per heavy atom. The van der Waals surface area contributed by atoms with Gasteiger partial charge in [-0.2, -0.15) is 5.10 Å². The summed E-state index contributed by atoms with van der Waals surface area (Å²) < 4.78 is 7.85. The molecule has 5 nitrogen and oxygen atoms in total. The van der Waals surface area contributed by atoms with Crippen LogP contribution in [0, 0.1) is 0 Å². The molecule has 0 aliphatic rings. The molecule has 0 unspecified atom stereocenters. The minimum absolute atomic E-state index is 0.178. The first-order valence-corrected chi connectivity index (χ1v) is 9.23. The first-order chi connectivity index (χ1) is 14.3. The standard InChI is InChI=1S/C24H17N3O2/c28-21-11-6-8-19(14-21)25-15-18-16-27(20-9-2-1-3-10-20)26-24(18)23-13-17-7-4-5-12-22(17)29-23/h1-16,28H. The number of aromatic hydroxyl groups is 1. The Labute approximate surface area is 167 Å². The molecule has 0 bridgehead atoms. The number of phenols is 1. The first-order valence-electron chi connectivity index (χ1n) is 9.23. The number of aliphatic imine (C=N–C) groups is 1. The van der Waals surface area contributed by atoms with Gasteiger partial charge in [0.05, 0.1) is 11.4 Å². The summed E-state index contributed by atoms with van der Waals surface area (Å²) in [5.41, 5.74) is 3.94. The molecule has 5 aromatic rings. The summed E-state index contributed by atoms with van der Waals surface area (Å²) in [5.74, 6) is 0.857. The molecule has 0 spiro atoms. The Morgan fingerprint density at radius 2 is 1.72 bits per heavy atom. The third kappa shape index (κ3) is 3.41. The van der Waals surface area contributed by atoms with Crippen LogP contribution >= 0.6 is 0 Å². The molecule has 2 aromatic heterocycles. The predicted octanol–water partition coefficient (Wildman–Crippen LogP) is 5.74. The second-order valence-electron chi connectivity index (χ2n) is 6.64. The first kappa shape index (κ1) is 17.0. The van der Waals surface area contributed by atoms with Crippen molar-refractivity contribution in [2.75, 3.05) is 0 Å². The SMILES string of the molecule is Oc1cccc(N=Cc2cn(-c3ccccc3)nc2-c2cc3ccccc3o2)c1. The van der Waals surface area contributed by atoms with Crippen LogP contribution in [0.3, 0.4) is 0 Å². The van der Waals surface area contributed by atoms with Gasteiger partial charge in [-0.1, -0.05) is 42.5 Å². The second-order valence-corrected chi connectivity index (χ2v) is 6.64. The van der Waals surface area contributed by atoms with Crippen LogP contribution in [0.1, 0.15) is 5.56 Å². The quantitative estimate of drug-likeness (QED) is 0.405. The highest BCUT2D eigenvalue weighted by molar-refractivity contribution is 5.91. The van der Waals surface area contributed by atoms with E-state index in [0.29, 0.717) is 17.1 Å². The number of fused-ring (bicyclic) bond motifs is 1. The Balaban J connectivity index is 1.62. The molecule has 5 rings (SSSR count). The van der Waals surface area contributed by atoms with E-state index in [2.05, 4.69) is 4.99 Å². The van der Waals surface area contributed by atoms with Crippen molar-refractivity contribution in [2.24, 2.45) is 4.99 Å². The zero-order valence-corrected chi connectivity index (χ0v) is 15.4. The van der Waals surface area contributed by atoms with Crippen molar-refractivity contribution in [3.05, 3.63) is 96.7 Å². The van der Waals surface area contributed by atoms with Crippen LogP contribution in [0.5, 0.6) is 5.75 Å². The van der Waals surface area contributed by atoms with Gasteiger partial charge < -0.3 is 9.52 Å². The molecule has 0 amide bonds. The van der Waals surface area contributed by atoms with E-state index in [-0.39, 0.29) is 5.75 Å². The minimum Gasteiger partial charge on any atom is -0.508 e. The van der Waals surface area contributed by atoms with Crippen LogP contribution in [0.15, 0.2) is 101 Å². The number of para-hydroxylation sites is 2. The van der Waals surface area contributed by atoms with Gasteiger partial charge in [0.2, 0.25) is 0 Å². The molecule has 2 heterocycles. The van der Waals surface area contributed by atoms with Crippen LogP contribution in [0.2, 0.25) is 0 Å². The fraction of sp³-hybridized carbons (Fsp3) is 0. The molecule has 0 saturated carbocycles. The average Bonchev–Trinajstić information content (AvgIpc) is 3.37. The van der Waals surface area contributed by atoms with Crippen molar-refractivity contribution in [3.63, 3.8) is 0 Å². The Kier molecular flexibility index (Phi) is 4.18. The molecule has 29 heavy (non-hydrogen) atoms. The van der Waals surface area contributed by atoms with Crippen molar-refractivity contribution in [1.82, 2.24) is 9.78 Å². The largest absolute Gasteiger partial charge is 0.508 e. The third-order valence-electron chi connectivity index (χ3n) is 4.60. The number of benzene rings is 3. The predicted molar refractivity (Wildman–Crippen MR) is 114 cm³/mol. The van der Waals surface area contributed by atoms with Crippen molar-refractivity contribution >= 4 is 22.9 Å². The number of nitrogens with zero attached hydrogens (tertiary/aromatic N) is 3. The van der Waals surface area contributed by atoms with E-state index in [1.165, 1.54) is 0 Å². The van der Waals surface area contributed by atoms with Gasteiger partial charge in [0, 0.05) is 29.4 Å². The summed E-state index contributed by atoms with van der Waals surface area (Å²) in [6, 6.07) is 26.6. The number of rotatable bonds is 4. The third-order valence-corrected chi connectivity index (χ3v) is 4.60. The smallest absolute Gasteiger partial charge is 0.156 e. The van der Waals surface area contributed by atoms with Gasteiger partial charge in [0.15, 0.2) is 5.76 Å². The molecule has 1 N–H and O–H groups in total. The summed E-state index contributed by atoms with van der Waals surface area (Å²) in [5, 5.41) is 15.4. The monoisotopic (exact) mass is 379 g/mol. The Morgan fingerprint density at radius 1 is 0.897 bits per heavy atom. The van der Waals surface area contributed by atoms with E-state index in [1.807, 2.05) is 77.6 Å². The maximum absolute atomic E-state index is 9.67. The van der Waals surface area contributed by atoms with Crippen LogP contribution in [-0.4, -0.2) is 21.1 Å². The lowest BCUT2D eigenvalue weighted by molar-refractivity contribution is 0.475. The molecule has 0 radical (unpaired) electrons. The van der Waals surface area contributed by atoms with E-state index in [4.69, 9.17) is 9.52 Å². The lowest BCUT2D eigenvalue weighted by Gasteiger charge is -1.98. The molecule has 5 heteroatoms. The van der Waals surface area contributed by atoms with Crippen LogP contribution in [0.4, 0.5) is 5.69 Å². The number of phenolic OH excluding ortho intramolecular Hbond substituents is 1. The molecule has 3 aromatic carbocycles. The van der Waals surface area contributed by atoms with Gasteiger partial charge >= 0.3 is 0 Å². The van der Waals surface area contributed by atoms with E-state index in [1.54, 1.807) is 24.4 Å². The lowest BCUT2D eigenvalue weighted by Crippen LogP contribution is -1.93. The minimum atomic E-state index is 0.178. The number of furan rings is 1. The van der Waals surface area contributed by atoms with Gasteiger partial charge in [-0.25, -0.2) is 4.68 Å². The molecular weight excluding hydrogens is 362 g/mol. The van der Waals surface area contributed by atoms with Gasteiger partial charge in [-0.3, -0.25) is 4.99 Å².